The molecule has 3 rings (SSSR count). The number of carbonyl (C=O) groups excluding carboxylic acids is 1. The third-order valence-corrected chi connectivity index (χ3v) is 5.75. The maximum Gasteiger partial charge on any atom is 0.271 e. The minimum atomic E-state index is -0.538. The number of non-ortho nitro benzene ring substituents is 1. The van der Waals surface area contributed by atoms with E-state index in [1.807, 2.05) is 36.6 Å². The molecule has 0 spiro atoms. The van der Waals surface area contributed by atoms with Gasteiger partial charge in [-0.2, -0.15) is 0 Å². The number of hydrogen-bond donors (Lipinski definition) is 1. The number of benzene rings is 2. The molecule has 1 unspecified atom stereocenters. The minimum absolute atomic E-state index is 0.0229. The van der Waals surface area contributed by atoms with E-state index in [0.717, 1.165) is 0 Å². The summed E-state index contributed by atoms with van der Waals surface area (Å²) in [5, 5.41) is 22.7. The molecule has 0 aliphatic rings. The Morgan fingerprint density at radius 1 is 1.18 bits per heavy atom. The summed E-state index contributed by atoms with van der Waals surface area (Å²) in [6.45, 7) is 4.39. The fourth-order valence-electron chi connectivity index (χ4n) is 3.16. The van der Waals surface area contributed by atoms with Crippen molar-refractivity contribution in [3.8, 4) is 17.2 Å². The Labute approximate surface area is 200 Å². The van der Waals surface area contributed by atoms with Crippen LogP contribution in [0.1, 0.15) is 25.8 Å². The number of thioether (sulfide) groups is 1. The lowest BCUT2D eigenvalue weighted by molar-refractivity contribution is -0.384. The van der Waals surface area contributed by atoms with Gasteiger partial charge < -0.3 is 24.1 Å². The summed E-state index contributed by atoms with van der Waals surface area (Å²) in [6, 6.07) is 11.3. The van der Waals surface area contributed by atoms with Crippen LogP contribution in [-0.2, 0) is 11.3 Å². The summed E-state index contributed by atoms with van der Waals surface area (Å²) in [5.74, 6) is 1.92. The van der Waals surface area contributed by atoms with Gasteiger partial charge in [-0.15, -0.1) is 10.2 Å². The molecule has 0 aliphatic heterocycles. The number of methoxy groups -OCH3 is 2. The van der Waals surface area contributed by atoms with Gasteiger partial charge in [-0.3, -0.25) is 14.9 Å². The molecule has 1 heterocycles. The highest BCUT2D eigenvalue weighted by Crippen LogP contribution is 2.30. The third kappa shape index (κ3) is 5.95. The topological polar surface area (TPSA) is 131 Å². The predicted octanol–water partition coefficient (Wildman–Crippen LogP) is 4.09. The predicted molar refractivity (Wildman–Crippen MR) is 127 cm³/mol. The standard InChI is InChI=1S/C22H25N5O6S/c1-5-26-21(14(2)33-17-8-6-7-16(12-17)31-3)24-25-22(26)34-13-20(28)23-18-11-15(27(29)30)9-10-19(18)32-4/h6-12,14H,5,13H2,1-4H3,(H,23,28). The molecule has 1 aromatic heterocycles. The quantitative estimate of drug-likeness (QED) is 0.241. The molecule has 11 nitrogen and oxygen atoms in total. The van der Waals surface area contributed by atoms with E-state index in [-0.39, 0.29) is 23.0 Å². The Bertz CT molecular complexity index is 1170. The van der Waals surface area contributed by atoms with Crippen LogP contribution < -0.4 is 19.5 Å². The molecular weight excluding hydrogens is 462 g/mol. The first-order valence-electron chi connectivity index (χ1n) is 10.3. The first-order chi connectivity index (χ1) is 16.4. The van der Waals surface area contributed by atoms with E-state index in [0.29, 0.717) is 34.8 Å². The van der Waals surface area contributed by atoms with Crippen LogP contribution in [0.15, 0.2) is 47.6 Å². The summed E-state index contributed by atoms with van der Waals surface area (Å²) in [5.41, 5.74) is 0.0735. The molecule has 0 radical (unpaired) electrons. The van der Waals surface area contributed by atoms with Crippen molar-refractivity contribution in [2.75, 3.05) is 25.3 Å². The lowest BCUT2D eigenvalue weighted by Gasteiger charge is -2.16. The smallest absolute Gasteiger partial charge is 0.271 e. The number of nitro benzene ring substituents is 1. The zero-order valence-electron chi connectivity index (χ0n) is 19.2. The van der Waals surface area contributed by atoms with Crippen LogP contribution in [0.5, 0.6) is 17.2 Å². The Morgan fingerprint density at radius 3 is 2.62 bits per heavy atom. The Hall–Kier alpha value is -3.80. The molecule has 180 valence electrons. The summed E-state index contributed by atoms with van der Waals surface area (Å²) in [4.78, 5) is 23.0. The van der Waals surface area contributed by atoms with Crippen molar-refractivity contribution in [1.82, 2.24) is 14.8 Å². The van der Waals surface area contributed by atoms with Crippen LogP contribution in [0.2, 0.25) is 0 Å². The van der Waals surface area contributed by atoms with E-state index in [1.54, 1.807) is 13.2 Å². The average molecular weight is 488 g/mol. The average Bonchev–Trinajstić information content (AvgIpc) is 3.26. The SMILES string of the molecule is CCn1c(SCC(=O)Nc2cc([N+](=O)[O-])ccc2OC)nnc1C(C)Oc1cccc(OC)c1. The zero-order chi connectivity index (χ0) is 24.7. The zero-order valence-corrected chi connectivity index (χ0v) is 20.0. The normalized spacial score (nSPS) is 11.5. The Kier molecular flexibility index (Phi) is 8.30. The van der Waals surface area contributed by atoms with Crippen molar-refractivity contribution in [1.29, 1.82) is 0 Å². The van der Waals surface area contributed by atoms with Crippen LogP contribution in [0.25, 0.3) is 0 Å². The molecule has 1 atom stereocenters. The van der Waals surface area contributed by atoms with Gasteiger partial charge in [0, 0.05) is 24.7 Å². The van der Waals surface area contributed by atoms with Gasteiger partial charge >= 0.3 is 0 Å². The van der Waals surface area contributed by atoms with Gasteiger partial charge in [-0.1, -0.05) is 17.8 Å². The highest BCUT2D eigenvalue weighted by atomic mass is 32.2. The highest BCUT2D eigenvalue weighted by Gasteiger charge is 2.20. The van der Waals surface area contributed by atoms with Crippen molar-refractivity contribution in [3.63, 3.8) is 0 Å². The summed E-state index contributed by atoms with van der Waals surface area (Å²) in [6.07, 6.45) is -0.392. The number of anilines is 1. The van der Waals surface area contributed by atoms with E-state index in [1.165, 1.54) is 37.1 Å². The number of nitro groups is 1. The van der Waals surface area contributed by atoms with Crippen molar-refractivity contribution >= 4 is 29.0 Å². The van der Waals surface area contributed by atoms with Crippen LogP contribution in [-0.4, -0.2) is 45.6 Å². The molecule has 1 N–H and O–H groups in total. The van der Waals surface area contributed by atoms with Crippen molar-refractivity contribution in [2.45, 2.75) is 31.7 Å². The van der Waals surface area contributed by atoms with Gasteiger partial charge in [-0.05, 0) is 32.0 Å². The first kappa shape index (κ1) is 24.8. The Morgan fingerprint density at radius 2 is 1.94 bits per heavy atom. The van der Waals surface area contributed by atoms with E-state index >= 15 is 0 Å². The van der Waals surface area contributed by atoms with E-state index < -0.39 is 11.0 Å². The molecule has 3 aromatic rings. The fourth-order valence-corrected chi connectivity index (χ4v) is 3.97. The van der Waals surface area contributed by atoms with Gasteiger partial charge in [-0.25, -0.2) is 0 Å². The number of rotatable bonds is 11. The number of nitrogens with zero attached hydrogens (tertiary/aromatic N) is 4. The highest BCUT2D eigenvalue weighted by molar-refractivity contribution is 7.99. The second kappa shape index (κ2) is 11.4. The van der Waals surface area contributed by atoms with Crippen LogP contribution in [0.4, 0.5) is 11.4 Å². The number of amides is 1. The molecule has 0 bridgehead atoms. The van der Waals surface area contributed by atoms with Crippen molar-refractivity contribution in [2.24, 2.45) is 0 Å². The van der Waals surface area contributed by atoms with Gasteiger partial charge in [0.2, 0.25) is 5.91 Å². The number of nitrogens with one attached hydrogen (secondary N) is 1. The first-order valence-corrected chi connectivity index (χ1v) is 11.3. The molecule has 0 saturated carbocycles. The fraction of sp³-hybridized carbons (Fsp3) is 0.318. The lowest BCUT2D eigenvalue weighted by atomic mass is 10.2. The number of aromatic nitrogens is 3. The van der Waals surface area contributed by atoms with Crippen LogP contribution in [0.3, 0.4) is 0 Å². The van der Waals surface area contributed by atoms with Crippen molar-refractivity contribution in [3.05, 3.63) is 58.4 Å². The molecule has 34 heavy (non-hydrogen) atoms. The maximum absolute atomic E-state index is 12.5. The molecule has 0 aliphatic carbocycles. The van der Waals surface area contributed by atoms with E-state index in [9.17, 15) is 14.9 Å². The Balaban J connectivity index is 1.67. The summed E-state index contributed by atoms with van der Waals surface area (Å²) >= 11 is 1.20. The molecule has 2 aromatic carbocycles. The van der Waals surface area contributed by atoms with E-state index in [2.05, 4.69) is 15.5 Å². The second-order valence-corrected chi connectivity index (χ2v) is 7.95. The monoisotopic (exact) mass is 487 g/mol. The molecule has 0 saturated heterocycles. The van der Waals surface area contributed by atoms with Gasteiger partial charge in [0.1, 0.15) is 17.2 Å². The lowest BCUT2D eigenvalue weighted by Crippen LogP contribution is -2.16. The largest absolute Gasteiger partial charge is 0.497 e. The molecule has 0 fully saturated rings. The van der Waals surface area contributed by atoms with E-state index in [4.69, 9.17) is 14.2 Å². The molecular formula is C22H25N5O6S. The number of hydrogen-bond acceptors (Lipinski definition) is 9. The number of ether oxygens (including phenoxy) is 3. The summed E-state index contributed by atoms with van der Waals surface area (Å²) in [7, 11) is 3.01. The van der Waals surface area contributed by atoms with Gasteiger partial charge in [0.15, 0.2) is 17.1 Å². The van der Waals surface area contributed by atoms with Gasteiger partial charge in [0.05, 0.1) is 30.6 Å². The number of carbonyl (C=O) groups is 1. The second-order valence-electron chi connectivity index (χ2n) is 7.00. The minimum Gasteiger partial charge on any atom is -0.497 e. The summed E-state index contributed by atoms with van der Waals surface area (Å²) < 4.78 is 18.3. The van der Waals surface area contributed by atoms with Gasteiger partial charge in [0.25, 0.3) is 5.69 Å². The third-order valence-electron chi connectivity index (χ3n) is 4.78. The van der Waals surface area contributed by atoms with Crippen molar-refractivity contribution < 1.29 is 23.9 Å². The van der Waals surface area contributed by atoms with Crippen LogP contribution in [0, 0.1) is 10.1 Å². The molecule has 12 heteroatoms. The van der Waals surface area contributed by atoms with Crippen LogP contribution >= 0.6 is 11.8 Å². The molecule has 1 amide bonds. The maximum atomic E-state index is 12.5.